The highest BCUT2D eigenvalue weighted by atomic mass is 35.5. The van der Waals surface area contributed by atoms with Crippen molar-refractivity contribution in [2.75, 3.05) is 17.2 Å². The first-order valence-electron chi connectivity index (χ1n) is 9.41. The van der Waals surface area contributed by atoms with Crippen LogP contribution in [0.1, 0.15) is 6.92 Å². The summed E-state index contributed by atoms with van der Waals surface area (Å²) in [5, 5.41) is 6.25. The molecule has 160 valence electrons. The molecule has 0 saturated heterocycles. The zero-order chi connectivity index (χ0) is 22.2. The third kappa shape index (κ3) is 6.91. The van der Waals surface area contributed by atoms with E-state index in [9.17, 15) is 9.59 Å². The van der Waals surface area contributed by atoms with Gasteiger partial charge in [-0.1, -0.05) is 53.5 Å². The predicted molar refractivity (Wildman–Crippen MR) is 122 cm³/mol. The van der Waals surface area contributed by atoms with Gasteiger partial charge in [0, 0.05) is 15.7 Å². The second-order valence-corrected chi connectivity index (χ2v) is 7.43. The van der Waals surface area contributed by atoms with Crippen LogP contribution >= 0.6 is 23.2 Å². The number of ether oxygens (including phenoxy) is 2. The standard InChI is InChI=1S/C23H20Cl2N2O4/c1-15(23(29)26-18-12-16(24)11-17(25)13-18)31-21-10-6-5-9-20(21)27-22(28)14-30-19-7-3-2-4-8-19/h2-13,15H,14H2,1H3,(H,26,29)(H,27,28). The summed E-state index contributed by atoms with van der Waals surface area (Å²) in [5.41, 5.74) is 0.882. The van der Waals surface area contributed by atoms with Crippen molar-refractivity contribution < 1.29 is 19.1 Å². The van der Waals surface area contributed by atoms with Crippen LogP contribution in [0.2, 0.25) is 10.0 Å². The number of carbonyl (C=O) groups excluding carboxylic acids is 2. The number of carbonyl (C=O) groups is 2. The van der Waals surface area contributed by atoms with Crippen molar-refractivity contribution in [3.63, 3.8) is 0 Å². The zero-order valence-corrected chi connectivity index (χ0v) is 18.1. The van der Waals surface area contributed by atoms with Crippen LogP contribution in [0, 0.1) is 0 Å². The number of hydrogen-bond acceptors (Lipinski definition) is 4. The molecule has 0 spiro atoms. The zero-order valence-electron chi connectivity index (χ0n) is 16.6. The highest BCUT2D eigenvalue weighted by molar-refractivity contribution is 6.35. The van der Waals surface area contributed by atoms with E-state index < -0.39 is 12.0 Å². The molecular weight excluding hydrogens is 439 g/mol. The smallest absolute Gasteiger partial charge is 0.265 e. The lowest BCUT2D eigenvalue weighted by Gasteiger charge is -2.18. The molecule has 3 aromatic carbocycles. The molecule has 0 aliphatic carbocycles. The third-order valence-electron chi connectivity index (χ3n) is 4.08. The Morgan fingerprint density at radius 1 is 0.903 bits per heavy atom. The average Bonchev–Trinajstić information content (AvgIpc) is 2.73. The normalized spacial score (nSPS) is 11.3. The van der Waals surface area contributed by atoms with Crippen LogP contribution in [-0.2, 0) is 9.59 Å². The number of anilines is 2. The summed E-state index contributed by atoms with van der Waals surface area (Å²) >= 11 is 11.9. The molecule has 3 rings (SSSR count). The van der Waals surface area contributed by atoms with Gasteiger partial charge in [-0.15, -0.1) is 0 Å². The molecule has 0 fully saturated rings. The molecule has 0 aliphatic rings. The van der Waals surface area contributed by atoms with Crippen molar-refractivity contribution in [2.45, 2.75) is 13.0 Å². The van der Waals surface area contributed by atoms with Crippen molar-refractivity contribution in [1.82, 2.24) is 0 Å². The summed E-state index contributed by atoms with van der Waals surface area (Å²) in [6.45, 7) is 1.43. The van der Waals surface area contributed by atoms with Crippen LogP contribution < -0.4 is 20.1 Å². The Kier molecular flexibility index (Phi) is 7.76. The monoisotopic (exact) mass is 458 g/mol. The Balaban J connectivity index is 1.60. The summed E-state index contributed by atoms with van der Waals surface area (Å²) in [6.07, 6.45) is -0.851. The fourth-order valence-electron chi connectivity index (χ4n) is 2.64. The number of rotatable bonds is 8. The fourth-order valence-corrected chi connectivity index (χ4v) is 3.16. The van der Waals surface area contributed by atoms with Gasteiger partial charge in [-0.3, -0.25) is 9.59 Å². The summed E-state index contributed by atoms with van der Waals surface area (Å²) in [4.78, 5) is 24.8. The topological polar surface area (TPSA) is 76.7 Å². The van der Waals surface area contributed by atoms with E-state index >= 15 is 0 Å². The van der Waals surface area contributed by atoms with Crippen LogP contribution in [0.5, 0.6) is 11.5 Å². The van der Waals surface area contributed by atoms with Crippen molar-refractivity contribution >= 4 is 46.4 Å². The van der Waals surface area contributed by atoms with E-state index in [0.29, 0.717) is 32.9 Å². The molecule has 2 amide bonds. The van der Waals surface area contributed by atoms with Gasteiger partial charge in [0.2, 0.25) is 0 Å². The number of amides is 2. The van der Waals surface area contributed by atoms with Gasteiger partial charge < -0.3 is 20.1 Å². The van der Waals surface area contributed by atoms with Crippen LogP contribution in [-0.4, -0.2) is 24.5 Å². The van der Waals surface area contributed by atoms with Crippen LogP contribution in [0.3, 0.4) is 0 Å². The van der Waals surface area contributed by atoms with Crippen LogP contribution in [0.4, 0.5) is 11.4 Å². The molecule has 0 radical (unpaired) electrons. The minimum atomic E-state index is -0.851. The number of nitrogens with one attached hydrogen (secondary N) is 2. The van der Waals surface area contributed by atoms with E-state index in [4.69, 9.17) is 32.7 Å². The van der Waals surface area contributed by atoms with E-state index in [2.05, 4.69) is 10.6 Å². The number of benzene rings is 3. The van der Waals surface area contributed by atoms with E-state index in [1.807, 2.05) is 18.2 Å². The van der Waals surface area contributed by atoms with Gasteiger partial charge >= 0.3 is 0 Å². The number of para-hydroxylation sites is 3. The first-order chi connectivity index (χ1) is 14.9. The van der Waals surface area contributed by atoms with Gasteiger partial charge in [-0.25, -0.2) is 0 Å². The van der Waals surface area contributed by atoms with Crippen LogP contribution in [0.25, 0.3) is 0 Å². The molecule has 31 heavy (non-hydrogen) atoms. The van der Waals surface area contributed by atoms with Crippen LogP contribution in [0.15, 0.2) is 72.8 Å². The first kappa shape index (κ1) is 22.5. The number of halogens is 2. The molecule has 2 N–H and O–H groups in total. The lowest BCUT2D eigenvalue weighted by atomic mass is 10.2. The Morgan fingerprint density at radius 2 is 1.55 bits per heavy atom. The van der Waals surface area contributed by atoms with E-state index in [0.717, 1.165) is 0 Å². The molecule has 0 bridgehead atoms. The summed E-state index contributed by atoms with van der Waals surface area (Å²) in [5.74, 6) is 0.188. The molecule has 1 atom stereocenters. The van der Waals surface area contributed by atoms with Gasteiger partial charge in [0.15, 0.2) is 12.7 Å². The van der Waals surface area contributed by atoms with Gasteiger partial charge in [-0.2, -0.15) is 0 Å². The predicted octanol–water partition coefficient (Wildman–Crippen LogP) is 5.42. The van der Waals surface area contributed by atoms with E-state index in [1.165, 1.54) is 0 Å². The maximum absolute atomic E-state index is 12.5. The Bertz CT molecular complexity index is 1040. The molecule has 0 aliphatic heterocycles. The highest BCUT2D eigenvalue weighted by Gasteiger charge is 2.18. The summed E-state index contributed by atoms with van der Waals surface area (Å²) < 4.78 is 11.2. The van der Waals surface area contributed by atoms with Crippen molar-refractivity contribution in [2.24, 2.45) is 0 Å². The van der Waals surface area contributed by atoms with Gasteiger partial charge in [0.1, 0.15) is 11.5 Å². The van der Waals surface area contributed by atoms with Gasteiger partial charge in [-0.05, 0) is 49.4 Å². The SMILES string of the molecule is CC(Oc1ccccc1NC(=O)COc1ccccc1)C(=O)Nc1cc(Cl)cc(Cl)c1. The molecule has 3 aromatic rings. The fraction of sp³-hybridized carbons (Fsp3) is 0.130. The average molecular weight is 459 g/mol. The van der Waals surface area contributed by atoms with Crippen molar-refractivity contribution in [3.8, 4) is 11.5 Å². The highest BCUT2D eigenvalue weighted by Crippen LogP contribution is 2.26. The van der Waals surface area contributed by atoms with Crippen molar-refractivity contribution in [1.29, 1.82) is 0 Å². The van der Waals surface area contributed by atoms with Crippen molar-refractivity contribution in [3.05, 3.63) is 82.8 Å². The maximum atomic E-state index is 12.5. The Labute approximate surface area is 190 Å². The molecule has 0 aromatic heterocycles. The van der Waals surface area contributed by atoms with Gasteiger partial charge in [0.05, 0.1) is 5.69 Å². The van der Waals surface area contributed by atoms with E-state index in [1.54, 1.807) is 61.5 Å². The molecule has 0 saturated carbocycles. The Hall–Kier alpha value is -3.22. The molecule has 8 heteroatoms. The molecular formula is C23H20Cl2N2O4. The first-order valence-corrected chi connectivity index (χ1v) is 10.2. The minimum absolute atomic E-state index is 0.163. The second kappa shape index (κ2) is 10.7. The van der Waals surface area contributed by atoms with E-state index in [-0.39, 0.29) is 12.5 Å². The maximum Gasteiger partial charge on any atom is 0.265 e. The molecule has 1 unspecified atom stereocenters. The lowest BCUT2D eigenvalue weighted by Crippen LogP contribution is -2.30. The number of hydrogen-bond donors (Lipinski definition) is 2. The third-order valence-corrected chi connectivity index (χ3v) is 4.51. The quantitative estimate of drug-likeness (QED) is 0.472. The molecule has 0 heterocycles. The lowest BCUT2D eigenvalue weighted by molar-refractivity contribution is -0.122. The minimum Gasteiger partial charge on any atom is -0.484 e. The molecule has 6 nitrogen and oxygen atoms in total. The van der Waals surface area contributed by atoms with Gasteiger partial charge in [0.25, 0.3) is 11.8 Å². The Morgan fingerprint density at radius 3 is 2.26 bits per heavy atom. The second-order valence-electron chi connectivity index (χ2n) is 6.55. The summed E-state index contributed by atoms with van der Waals surface area (Å²) in [6, 6.07) is 20.6. The summed E-state index contributed by atoms with van der Waals surface area (Å²) in [7, 11) is 0. The largest absolute Gasteiger partial charge is 0.484 e.